The third kappa shape index (κ3) is 2.04. The molecule has 3 heteroatoms. The SMILES string of the molecule is C=N/C(Cl)=C(/C#N)C(=C)C. The molecule has 0 radical (unpaired) electrons. The van der Waals surface area contributed by atoms with Gasteiger partial charge in [0.05, 0.1) is 5.57 Å². The lowest BCUT2D eigenvalue weighted by molar-refractivity contribution is 1.36. The lowest BCUT2D eigenvalue weighted by Crippen LogP contribution is -1.81. The van der Waals surface area contributed by atoms with Crippen molar-refractivity contribution in [1.29, 1.82) is 5.26 Å². The highest BCUT2D eigenvalue weighted by molar-refractivity contribution is 6.30. The van der Waals surface area contributed by atoms with Crippen LogP contribution in [-0.4, -0.2) is 6.72 Å². The van der Waals surface area contributed by atoms with Gasteiger partial charge in [-0.25, -0.2) is 0 Å². The molecule has 0 bridgehead atoms. The van der Waals surface area contributed by atoms with Gasteiger partial charge in [0.2, 0.25) is 0 Å². The number of rotatable bonds is 2. The van der Waals surface area contributed by atoms with Gasteiger partial charge < -0.3 is 0 Å². The normalized spacial score (nSPS) is 11.3. The standard InChI is InChI=1S/C7H7ClN2/c1-5(2)6(4-9)7(8)10-3/h1,3H2,2H3/b7-6-. The molecule has 0 atom stereocenters. The van der Waals surface area contributed by atoms with E-state index in [4.69, 9.17) is 16.9 Å². The number of nitrogens with zero attached hydrogens (tertiary/aromatic N) is 2. The maximum atomic E-state index is 8.46. The van der Waals surface area contributed by atoms with E-state index in [1.807, 2.05) is 6.07 Å². The minimum atomic E-state index is 0.106. The molecule has 52 valence electrons. The van der Waals surface area contributed by atoms with Crippen molar-refractivity contribution in [2.75, 3.05) is 0 Å². The Bertz CT molecular complexity index is 232. The maximum Gasteiger partial charge on any atom is 0.146 e. The largest absolute Gasteiger partial charge is 0.251 e. The van der Waals surface area contributed by atoms with Gasteiger partial charge in [0.1, 0.15) is 11.2 Å². The first-order valence-electron chi connectivity index (χ1n) is 2.56. The van der Waals surface area contributed by atoms with Gasteiger partial charge in [-0.3, -0.25) is 4.99 Å². The number of halogens is 1. The first-order valence-corrected chi connectivity index (χ1v) is 2.93. The first kappa shape index (κ1) is 8.93. The Morgan fingerprint density at radius 2 is 2.20 bits per heavy atom. The van der Waals surface area contributed by atoms with Gasteiger partial charge in [-0.2, -0.15) is 5.26 Å². The zero-order valence-electron chi connectivity index (χ0n) is 5.69. The van der Waals surface area contributed by atoms with E-state index in [9.17, 15) is 0 Å². The fourth-order valence-electron chi connectivity index (χ4n) is 0.397. The predicted octanol–water partition coefficient (Wildman–Crippen LogP) is 2.24. The fourth-order valence-corrected chi connectivity index (χ4v) is 0.600. The molecule has 0 N–H and O–H groups in total. The Kier molecular flexibility index (Phi) is 3.45. The molecule has 0 amide bonds. The summed E-state index contributed by atoms with van der Waals surface area (Å²) >= 11 is 5.49. The van der Waals surface area contributed by atoms with Gasteiger partial charge in [-0.1, -0.05) is 18.2 Å². The molecule has 10 heavy (non-hydrogen) atoms. The second-order valence-electron chi connectivity index (χ2n) is 1.72. The van der Waals surface area contributed by atoms with E-state index in [1.54, 1.807) is 6.92 Å². The molecule has 0 rings (SSSR count). The average Bonchev–Trinajstić information content (AvgIpc) is 1.88. The minimum Gasteiger partial charge on any atom is -0.251 e. The van der Waals surface area contributed by atoms with E-state index >= 15 is 0 Å². The summed E-state index contributed by atoms with van der Waals surface area (Å²) in [5.41, 5.74) is 0.886. The molecular weight excluding hydrogens is 148 g/mol. The molecule has 0 unspecified atom stereocenters. The molecule has 0 aliphatic rings. The average molecular weight is 155 g/mol. The summed E-state index contributed by atoms with van der Waals surface area (Å²) in [4.78, 5) is 3.39. The van der Waals surface area contributed by atoms with Crippen molar-refractivity contribution in [2.45, 2.75) is 6.92 Å². The first-order chi connectivity index (χ1) is 4.63. The van der Waals surface area contributed by atoms with Crippen LogP contribution in [0.2, 0.25) is 0 Å². The van der Waals surface area contributed by atoms with Crippen molar-refractivity contribution >= 4 is 18.3 Å². The third-order valence-corrected chi connectivity index (χ3v) is 1.19. The Morgan fingerprint density at radius 3 is 2.30 bits per heavy atom. The second kappa shape index (κ2) is 3.86. The van der Waals surface area contributed by atoms with Crippen LogP contribution in [-0.2, 0) is 0 Å². The molecule has 0 aliphatic heterocycles. The summed E-state index contributed by atoms with van der Waals surface area (Å²) in [6.07, 6.45) is 0. The maximum absolute atomic E-state index is 8.46. The Balaban J connectivity index is 4.86. The molecule has 2 nitrogen and oxygen atoms in total. The van der Waals surface area contributed by atoms with Gasteiger partial charge in [0.25, 0.3) is 0 Å². The summed E-state index contributed by atoms with van der Waals surface area (Å²) in [5, 5.41) is 8.56. The van der Waals surface area contributed by atoms with Crippen LogP contribution in [0.25, 0.3) is 0 Å². The van der Waals surface area contributed by atoms with Crippen LogP contribution in [0.4, 0.5) is 0 Å². The van der Waals surface area contributed by atoms with Crippen molar-refractivity contribution in [3.05, 3.63) is 22.9 Å². The minimum absolute atomic E-state index is 0.106. The molecule has 0 aromatic rings. The zero-order chi connectivity index (χ0) is 8.15. The Labute approximate surface area is 65.1 Å². The summed E-state index contributed by atoms with van der Waals surface area (Å²) in [6.45, 7) is 8.41. The van der Waals surface area contributed by atoms with Crippen molar-refractivity contribution in [2.24, 2.45) is 4.99 Å². The molecule has 0 heterocycles. The topological polar surface area (TPSA) is 36.1 Å². The van der Waals surface area contributed by atoms with Crippen LogP contribution in [0.15, 0.2) is 27.9 Å². The van der Waals surface area contributed by atoms with E-state index in [-0.39, 0.29) is 10.7 Å². The van der Waals surface area contributed by atoms with Gasteiger partial charge in [-0.05, 0) is 19.2 Å². The van der Waals surface area contributed by atoms with Crippen LogP contribution in [0.5, 0.6) is 0 Å². The third-order valence-electron chi connectivity index (χ3n) is 0.884. The zero-order valence-corrected chi connectivity index (χ0v) is 6.44. The number of allylic oxidation sites excluding steroid dienone is 2. The highest BCUT2D eigenvalue weighted by Crippen LogP contribution is 2.15. The van der Waals surface area contributed by atoms with Crippen LogP contribution in [0.1, 0.15) is 6.92 Å². The molecule has 0 aliphatic carbocycles. The second-order valence-corrected chi connectivity index (χ2v) is 2.07. The molecule has 0 saturated heterocycles. The van der Waals surface area contributed by atoms with Crippen molar-refractivity contribution < 1.29 is 0 Å². The molecule has 0 fully saturated rings. The molecule has 0 spiro atoms. The van der Waals surface area contributed by atoms with Crippen LogP contribution < -0.4 is 0 Å². The van der Waals surface area contributed by atoms with E-state index in [2.05, 4.69) is 18.3 Å². The summed E-state index contributed by atoms with van der Waals surface area (Å²) in [6, 6.07) is 1.87. The fraction of sp³-hybridized carbons (Fsp3) is 0.143. The Morgan fingerprint density at radius 1 is 1.70 bits per heavy atom. The number of hydrogen-bond donors (Lipinski definition) is 0. The van der Waals surface area contributed by atoms with Gasteiger partial charge in [0, 0.05) is 0 Å². The molecule has 0 aromatic carbocycles. The molecule has 0 saturated carbocycles. The van der Waals surface area contributed by atoms with Gasteiger partial charge in [-0.15, -0.1) is 0 Å². The van der Waals surface area contributed by atoms with Crippen molar-refractivity contribution in [3.63, 3.8) is 0 Å². The summed E-state index contributed by atoms with van der Waals surface area (Å²) < 4.78 is 0. The molecule has 0 aromatic heterocycles. The number of nitriles is 1. The quantitative estimate of drug-likeness (QED) is 0.260. The number of hydrogen-bond acceptors (Lipinski definition) is 2. The lowest BCUT2D eigenvalue weighted by Gasteiger charge is -1.94. The lowest BCUT2D eigenvalue weighted by atomic mass is 10.2. The van der Waals surface area contributed by atoms with Crippen LogP contribution >= 0.6 is 11.6 Å². The van der Waals surface area contributed by atoms with Crippen LogP contribution in [0, 0.1) is 11.3 Å². The van der Waals surface area contributed by atoms with E-state index < -0.39 is 0 Å². The predicted molar refractivity (Wildman–Crippen MR) is 42.9 cm³/mol. The monoisotopic (exact) mass is 154 g/mol. The van der Waals surface area contributed by atoms with Gasteiger partial charge >= 0.3 is 0 Å². The van der Waals surface area contributed by atoms with Crippen LogP contribution in [0.3, 0.4) is 0 Å². The summed E-state index contributed by atoms with van der Waals surface area (Å²) in [7, 11) is 0. The van der Waals surface area contributed by atoms with E-state index in [0.717, 1.165) is 0 Å². The van der Waals surface area contributed by atoms with E-state index in [1.165, 1.54) is 0 Å². The van der Waals surface area contributed by atoms with Crippen molar-refractivity contribution in [1.82, 2.24) is 0 Å². The molecular formula is C7H7ClN2. The smallest absolute Gasteiger partial charge is 0.146 e. The van der Waals surface area contributed by atoms with E-state index in [0.29, 0.717) is 5.57 Å². The highest BCUT2D eigenvalue weighted by Gasteiger charge is 2.01. The Hall–Kier alpha value is -1.07. The highest BCUT2D eigenvalue weighted by atomic mass is 35.5. The number of aliphatic imine (C=N–C) groups is 1. The summed E-state index contributed by atoms with van der Waals surface area (Å²) in [5.74, 6) is 0. The van der Waals surface area contributed by atoms with Gasteiger partial charge in [0.15, 0.2) is 0 Å². The van der Waals surface area contributed by atoms with Crippen molar-refractivity contribution in [3.8, 4) is 6.07 Å².